The Bertz CT molecular complexity index is 517. The van der Waals surface area contributed by atoms with Crippen LogP contribution in [0.4, 0.5) is 5.95 Å². The second-order valence-corrected chi connectivity index (χ2v) is 6.14. The molecule has 0 spiro atoms. The third-order valence-corrected chi connectivity index (χ3v) is 3.29. The quantitative estimate of drug-likeness (QED) is 0.847. The van der Waals surface area contributed by atoms with Gasteiger partial charge in [0.15, 0.2) is 0 Å². The number of rotatable bonds is 2. The summed E-state index contributed by atoms with van der Waals surface area (Å²) < 4.78 is 0. The zero-order chi connectivity index (χ0) is 14.9. The summed E-state index contributed by atoms with van der Waals surface area (Å²) in [5.74, 6) is 0.664. The van der Waals surface area contributed by atoms with Crippen molar-refractivity contribution in [2.24, 2.45) is 5.41 Å². The van der Waals surface area contributed by atoms with Gasteiger partial charge in [0.25, 0.3) is 0 Å². The molecule has 2 rings (SSSR count). The highest BCUT2D eigenvalue weighted by atomic mass is 16.2. The lowest BCUT2D eigenvalue weighted by molar-refractivity contribution is -0.143. The maximum Gasteiger partial charge on any atom is 0.249 e. The third kappa shape index (κ3) is 2.97. The number of hydrogen-bond donors (Lipinski definition) is 2. The van der Waals surface area contributed by atoms with Crippen molar-refractivity contribution in [1.29, 1.82) is 0 Å². The minimum Gasteiger partial charge on any atom is -0.330 e. The molecule has 2 heterocycles. The summed E-state index contributed by atoms with van der Waals surface area (Å²) in [7, 11) is 0. The monoisotopic (exact) mass is 279 g/mol. The predicted octanol–water partition coefficient (Wildman–Crippen LogP) is 1.09. The van der Waals surface area contributed by atoms with Gasteiger partial charge in [0.2, 0.25) is 17.8 Å². The van der Waals surface area contributed by atoms with Gasteiger partial charge in [-0.1, -0.05) is 20.8 Å². The summed E-state index contributed by atoms with van der Waals surface area (Å²) in [6, 6.07) is -0.430. The SMILES string of the molecule is Cc1nc(NC(=O)C2CCCN2C(=O)C(C)(C)C)n[nH]1. The number of H-pyrrole nitrogens is 1. The number of anilines is 1. The van der Waals surface area contributed by atoms with Crippen LogP contribution in [-0.4, -0.2) is 44.5 Å². The lowest BCUT2D eigenvalue weighted by Gasteiger charge is -2.29. The molecule has 1 aliphatic heterocycles. The van der Waals surface area contributed by atoms with Gasteiger partial charge < -0.3 is 4.90 Å². The summed E-state index contributed by atoms with van der Waals surface area (Å²) in [5, 5.41) is 9.20. The van der Waals surface area contributed by atoms with Crippen LogP contribution in [0.25, 0.3) is 0 Å². The van der Waals surface area contributed by atoms with Crippen molar-refractivity contribution in [2.75, 3.05) is 11.9 Å². The van der Waals surface area contributed by atoms with E-state index in [0.717, 1.165) is 6.42 Å². The second kappa shape index (κ2) is 5.22. The molecule has 0 aliphatic carbocycles. The van der Waals surface area contributed by atoms with Crippen LogP contribution in [0, 0.1) is 12.3 Å². The Morgan fingerprint density at radius 1 is 1.40 bits per heavy atom. The molecule has 1 fully saturated rings. The molecule has 7 heteroatoms. The first-order valence-corrected chi connectivity index (χ1v) is 6.80. The fourth-order valence-electron chi connectivity index (χ4n) is 2.31. The molecule has 0 saturated carbocycles. The first-order valence-electron chi connectivity index (χ1n) is 6.80. The van der Waals surface area contributed by atoms with Gasteiger partial charge >= 0.3 is 0 Å². The highest BCUT2D eigenvalue weighted by Crippen LogP contribution is 2.25. The Morgan fingerprint density at radius 2 is 2.10 bits per heavy atom. The number of nitrogens with zero attached hydrogens (tertiary/aromatic N) is 3. The molecule has 0 radical (unpaired) electrons. The fraction of sp³-hybridized carbons (Fsp3) is 0.692. The van der Waals surface area contributed by atoms with Gasteiger partial charge in [-0.05, 0) is 19.8 Å². The van der Waals surface area contributed by atoms with Gasteiger partial charge in [0.1, 0.15) is 11.9 Å². The molecule has 0 aromatic carbocycles. The van der Waals surface area contributed by atoms with Gasteiger partial charge in [0.05, 0.1) is 0 Å². The minimum absolute atomic E-state index is 0.00122. The predicted molar refractivity (Wildman–Crippen MR) is 73.9 cm³/mol. The number of carbonyl (C=O) groups excluding carboxylic acids is 2. The number of likely N-dealkylation sites (tertiary alicyclic amines) is 1. The Morgan fingerprint density at radius 3 is 2.65 bits per heavy atom. The van der Waals surface area contributed by atoms with Crippen LogP contribution in [0.3, 0.4) is 0 Å². The third-order valence-electron chi connectivity index (χ3n) is 3.29. The van der Waals surface area contributed by atoms with E-state index in [1.165, 1.54) is 0 Å². The molecule has 1 unspecified atom stereocenters. The van der Waals surface area contributed by atoms with Crippen molar-refractivity contribution in [3.63, 3.8) is 0 Å². The lowest BCUT2D eigenvalue weighted by atomic mass is 9.94. The molecular formula is C13H21N5O2. The maximum atomic E-state index is 12.3. The topological polar surface area (TPSA) is 91.0 Å². The van der Waals surface area contributed by atoms with Crippen molar-refractivity contribution in [2.45, 2.75) is 46.6 Å². The molecule has 1 aromatic heterocycles. The molecule has 2 N–H and O–H groups in total. The number of carbonyl (C=O) groups is 2. The molecule has 7 nitrogen and oxygen atoms in total. The number of aryl methyl sites for hydroxylation is 1. The summed E-state index contributed by atoms with van der Waals surface area (Å²) in [6.45, 7) is 7.97. The highest BCUT2D eigenvalue weighted by molar-refractivity contribution is 5.97. The summed E-state index contributed by atoms with van der Waals surface area (Å²) in [5.41, 5.74) is -0.482. The standard InChI is InChI=1S/C13H21N5O2/c1-8-14-12(17-16-8)15-10(19)9-6-5-7-18(9)11(20)13(2,3)4/h9H,5-7H2,1-4H3,(H2,14,15,16,17,19). The maximum absolute atomic E-state index is 12.3. The zero-order valence-electron chi connectivity index (χ0n) is 12.4. The van der Waals surface area contributed by atoms with Crippen molar-refractivity contribution >= 4 is 17.8 Å². The van der Waals surface area contributed by atoms with Gasteiger partial charge in [-0.2, -0.15) is 4.98 Å². The first-order chi connectivity index (χ1) is 9.29. The average molecular weight is 279 g/mol. The van der Waals surface area contributed by atoms with E-state index in [1.54, 1.807) is 11.8 Å². The van der Waals surface area contributed by atoms with Crippen molar-refractivity contribution in [1.82, 2.24) is 20.1 Å². The minimum atomic E-state index is -0.482. The highest BCUT2D eigenvalue weighted by Gasteiger charge is 2.38. The molecule has 1 saturated heterocycles. The Balaban J connectivity index is 2.07. The first kappa shape index (κ1) is 14.5. The molecule has 20 heavy (non-hydrogen) atoms. The molecule has 1 aromatic rings. The number of nitrogens with one attached hydrogen (secondary N) is 2. The molecule has 110 valence electrons. The Hall–Kier alpha value is -1.92. The molecule has 0 bridgehead atoms. The Kier molecular flexibility index (Phi) is 3.78. The van der Waals surface area contributed by atoms with E-state index >= 15 is 0 Å². The van der Waals surface area contributed by atoms with Gasteiger partial charge in [-0.25, -0.2) is 0 Å². The van der Waals surface area contributed by atoms with Gasteiger partial charge in [0, 0.05) is 12.0 Å². The second-order valence-electron chi connectivity index (χ2n) is 6.14. The summed E-state index contributed by atoms with van der Waals surface area (Å²) in [6.07, 6.45) is 1.52. The van der Waals surface area contributed by atoms with Gasteiger partial charge in [-0.3, -0.25) is 20.0 Å². The summed E-state index contributed by atoms with van der Waals surface area (Å²) >= 11 is 0. The van der Waals surface area contributed by atoms with E-state index in [2.05, 4.69) is 20.5 Å². The van der Waals surface area contributed by atoms with E-state index in [0.29, 0.717) is 18.8 Å². The Labute approximate surface area is 118 Å². The summed E-state index contributed by atoms with van der Waals surface area (Å²) in [4.78, 5) is 30.3. The molecule has 1 aliphatic rings. The van der Waals surface area contributed by atoms with Gasteiger partial charge in [-0.15, -0.1) is 5.10 Å². The van der Waals surface area contributed by atoms with Crippen LogP contribution in [0.1, 0.15) is 39.4 Å². The number of aromatic amines is 1. The van der Waals surface area contributed by atoms with E-state index in [9.17, 15) is 9.59 Å². The number of hydrogen-bond acceptors (Lipinski definition) is 4. The smallest absolute Gasteiger partial charge is 0.249 e. The van der Waals surface area contributed by atoms with E-state index in [4.69, 9.17) is 0 Å². The molecular weight excluding hydrogens is 258 g/mol. The fourth-order valence-corrected chi connectivity index (χ4v) is 2.31. The van der Waals surface area contributed by atoms with E-state index in [1.807, 2.05) is 20.8 Å². The molecule has 2 amide bonds. The van der Waals surface area contributed by atoms with Crippen LogP contribution in [0.2, 0.25) is 0 Å². The van der Waals surface area contributed by atoms with E-state index in [-0.39, 0.29) is 17.8 Å². The molecule has 1 atom stereocenters. The van der Waals surface area contributed by atoms with Crippen LogP contribution in [-0.2, 0) is 9.59 Å². The number of amides is 2. The van der Waals surface area contributed by atoms with Crippen LogP contribution < -0.4 is 5.32 Å². The van der Waals surface area contributed by atoms with Crippen molar-refractivity contribution < 1.29 is 9.59 Å². The van der Waals surface area contributed by atoms with Crippen LogP contribution in [0.5, 0.6) is 0 Å². The van der Waals surface area contributed by atoms with Crippen molar-refractivity contribution in [3.8, 4) is 0 Å². The normalized spacial score (nSPS) is 19.2. The van der Waals surface area contributed by atoms with Crippen LogP contribution >= 0.6 is 0 Å². The largest absolute Gasteiger partial charge is 0.330 e. The number of aromatic nitrogens is 3. The average Bonchev–Trinajstić information content (AvgIpc) is 2.95. The zero-order valence-corrected chi connectivity index (χ0v) is 12.4. The van der Waals surface area contributed by atoms with Crippen LogP contribution in [0.15, 0.2) is 0 Å². The van der Waals surface area contributed by atoms with E-state index < -0.39 is 11.5 Å². The van der Waals surface area contributed by atoms with Crippen molar-refractivity contribution in [3.05, 3.63) is 5.82 Å². The lowest BCUT2D eigenvalue weighted by Crippen LogP contribution is -2.47.